The minimum Gasteiger partial charge on any atom is -0.340 e. The molecule has 0 aromatic heterocycles. The molecule has 0 amide bonds. The zero-order chi connectivity index (χ0) is 17.2. The van der Waals surface area contributed by atoms with Crippen LogP contribution in [0.3, 0.4) is 0 Å². The molecule has 1 aliphatic heterocycles. The van der Waals surface area contributed by atoms with Crippen LogP contribution in [0.4, 0.5) is 0 Å². The summed E-state index contributed by atoms with van der Waals surface area (Å²) in [7, 11) is 0. The summed E-state index contributed by atoms with van der Waals surface area (Å²) in [5, 5.41) is 0. The van der Waals surface area contributed by atoms with Gasteiger partial charge >= 0.3 is 0 Å². The molecule has 0 saturated carbocycles. The lowest BCUT2D eigenvalue weighted by molar-refractivity contribution is -0.512. The molecule has 3 heteroatoms. The molecular weight excluding hydrogens is 312 g/mol. The van der Waals surface area contributed by atoms with Crippen LogP contribution in [0.15, 0.2) is 91.0 Å². The first kappa shape index (κ1) is 16.0. The van der Waals surface area contributed by atoms with E-state index in [-0.39, 0.29) is 0 Å². The van der Waals surface area contributed by atoms with Crippen LogP contribution in [0.2, 0.25) is 0 Å². The highest BCUT2D eigenvalue weighted by molar-refractivity contribution is 5.37. The zero-order valence-corrected chi connectivity index (χ0v) is 14.1. The first-order chi connectivity index (χ1) is 12.2. The smallest absolute Gasteiger partial charge is 0.225 e. The third kappa shape index (κ3) is 2.87. The second-order valence-electron chi connectivity index (χ2n) is 6.33. The summed E-state index contributed by atoms with van der Waals surface area (Å²) >= 11 is 0. The molecule has 1 fully saturated rings. The number of benzene rings is 3. The van der Waals surface area contributed by atoms with Crippen LogP contribution in [0.5, 0.6) is 0 Å². The third-order valence-corrected chi connectivity index (χ3v) is 4.67. The van der Waals surface area contributed by atoms with Crippen LogP contribution < -0.4 is 0 Å². The monoisotopic (exact) mass is 332 g/mol. The van der Waals surface area contributed by atoms with E-state index in [0.29, 0.717) is 6.61 Å². The van der Waals surface area contributed by atoms with Gasteiger partial charge in [0.05, 0.1) is 6.61 Å². The van der Waals surface area contributed by atoms with E-state index in [1.807, 2.05) is 97.9 Å². The molecule has 3 nitrogen and oxygen atoms in total. The number of ether oxygens (including phenoxy) is 1. The summed E-state index contributed by atoms with van der Waals surface area (Å²) in [6.07, 6.45) is 0. The van der Waals surface area contributed by atoms with Crippen LogP contribution in [0.25, 0.3) is 0 Å². The zero-order valence-electron chi connectivity index (χ0n) is 14.1. The van der Waals surface area contributed by atoms with Gasteiger partial charge < -0.3 is 4.74 Å². The van der Waals surface area contributed by atoms with Gasteiger partial charge in [-0.25, -0.2) is 4.89 Å². The highest BCUT2D eigenvalue weighted by Crippen LogP contribution is 2.43. The minimum atomic E-state index is -0.936. The predicted octanol–water partition coefficient (Wildman–Crippen LogP) is 4.78. The first-order valence-corrected chi connectivity index (χ1v) is 8.40. The summed E-state index contributed by atoms with van der Waals surface area (Å²) in [5.74, 6) is -0.936. The Morgan fingerprint density at radius 3 is 1.44 bits per heavy atom. The summed E-state index contributed by atoms with van der Waals surface area (Å²) in [4.78, 5) is 11.9. The molecule has 1 atom stereocenters. The molecule has 1 heterocycles. The molecule has 1 aliphatic rings. The maximum Gasteiger partial charge on any atom is 0.225 e. The number of hydrogen-bond acceptors (Lipinski definition) is 3. The molecule has 0 radical (unpaired) electrons. The van der Waals surface area contributed by atoms with E-state index in [1.54, 1.807) is 0 Å². The summed E-state index contributed by atoms with van der Waals surface area (Å²) in [5.41, 5.74) is 2.12. The van der Waals surface area contributed by atoms with Crippen LogP contribution in [-0.2, 0) is 25.9 Å². The highest BCUT2D eigenvalue weighted by Gasteiger charge is 2.47. The second-order valence-corrected chi connectivity index (χ2v) is 6.33. The highest BCUT2D eigenvalue weighted by atomic mass is 17.2. The second kappa shape index (κ2) is 6.45. The van der Waals surface area contributed by atoms with Crippen LogP contribution in [0.1, 0.15) is 23.6 Å². The lowest BCUT2D eigenvalue weighted by Gasteiger charge is -2.43. The molecule has 3 aromatic carbocycles. The van der Waals surface area contributed by atoms with Crippen molar-refractivity contribution in [2.45, 2.75) is 18.3 Å². The van der Waals surface area contributed by atoms with Crippen molar-refractivity contribution in [1.82, 2.24) is 0 Å². The number of hydrogen-bond donors (Lipinski definition) is 0. The van der Waals surface area contributed by atoms with Gasteiger partial charge in [0.15, 0.2) is 5.60 Å². The first-order valence-electron chi connectivity index (χ1n) is 8.40. The van der Waals surface area contributed by atoms with Crippen LogP contribution in [-0.4, -0.2) is 6.61 Å². The largest absolute Gasteiger partial charge is 0.340 e. The van der Waals surface area contributed by atoms with Crippen molar-refractivity contribution in [3.8, 4) is 0 Å². The average molecular weight is 332 g/mol. The third-order valence-electron chi connectivity index (χ3n) is 4.67. The topological polar surface area (TPSA) is 27.7 Å². The van der Waals surface area contributed by atoms with Crippen molar-refractivity contribution in [3.63, 3.8) is 0 Å². The van der Waals surface area contributed by atoms with Gasteiger partial charge in [-0.2, -0.15) is 4.89 Å². The van der Waals surface area contributed by atoms with Gasteiger partial charge in [-0.05, 0) is 18.1 Å². The van der Waals surface area contributed by atoms with Gasteiger partial charge in [0, 0.05) is 5.56 Å². The average Bonchev–Trinajstić information content (AvgIpc) is 2.71. The Hall–Kier alpha value is -2.46. The van der Waals surface area contributed by atoms with Crippen molar-refractivity contribution in [1.29, 1.82) is 0 Å². The Morgan fingerprint density at radius 1 is 0.600 bits per heavy atom. The molecule has 4 rings (SSSR count). The van der Waals surface area contributed by atoms with E-state index >= 15 is 0 Å². The number of rotatable bonds is 3. The fraction of sp³-hybridized carbons (Fsp3) is 0.182. The lowest BCUT2D eigenvalue weighted by Crippen LogP contribution is -2.48. The van der Waals surface area contributed by atoms with Crippen molar-refractivity contribution < 1.29 is 14.5 Å². The molecule has 1 saturated heterocycles. The molecule has 0 aliphatic carbocycles. The van der Waals surface area contributed by atoms with E-state index in [0.717, 1.165) is 16.7 Å². The molecule has 1 unspecified atom stereocenters. The Morgan fingerprint density at radius 2 is 1.04 bits per heavy atom. The van der Waals surface area contributed by atoms with Crippen molar-refractivity contribution in [2.75, 3.05) is 6.61 Å². The van der Waals surface area contributed by atoms with Gasteiger partial charge in [-0.3, -0.25) is 0 Å². The van der Waals surface area contributed by atoms with Crippen molar-refractivity contribution >= 4 is 0 Å². The van der Waals surface area contributed by atoms with Crippen LogP contribution in [0, 0.1) is 0 Å². The van der Waals surface area contributed by atoms with Crippen molar-refractivity contribution in [2.24, 2.45) is 0 Å². The predicted molar refractivity (Wildman–Crippen MR) is 95.6 cm³/mol. The molecular formula is C22H20O3. The van der Waals surface area contributed by atoms with E-state index in [9.17, 15) is 0 Å². The molecule has 0 spiro atoms. The van der Waals surface area contributed by atoms with Crippen LogP contribution >= 0.6 is 0 Å². The van der Waals surface area contributed by atoms with Gasteiger partial charge in [0.25, 0.3) is 0 Å². The maximum atomic E-state index is 6.23. The lowest BCUT2D eigenvalue weighted by atomic mass is 9.86. The Bertz CT molecular complexity index is 766. The molecule has 25 heavy (non-hydrogen) atoms. The van der Waals surface area contributed by atoms with Gasteiger partial charge in [-0.1, -0.05) is 91.0 Å². The van der Waals surface area contributed by atoms with E-state index < -0.39 is 11.4 Å². The minimum absolute atomic E-state index is 0.354. The van der Waals surface area contributed by atoms with Crippen molar-refractivity contribution in [3.05, 3.63) is 108 Å². The van der Waals surface area contributed by atoms with Gasteiger partial charge in [-0.15, -0.1) is 0 Å². The molecule has 0 N–H and O–H groups in total. The Labute approximate surface area is 147 Å². The Kier molecular flexibility index (Phi) is 4.14. The Balaban J connectivity index is 1.71. The summed E-state index contributed by atoms with van der Waals surface area (Å²) < 4.78 is 6.23. The van der Waals surface area contributed by atoms with E-state index in [2.05, 4.69) is 0 Å². The summed E-state index contributed by atoms with van der Waals surface area (Å²) in [6, 6.07) is 29.9. The van der Waals surface area contributed by atoms with Gasteiger partial charge in [0.1, 0.15) is 0 Å². The fourth-order valence-corrected chi connectivity index (χ4v) is 3.15. The molecule has 0 bridgehead atoms. The van der Waals surface area contributed by atoms with E-state index in [1.165, 1.54) is 0 Å². The standard InChI is InChI=1S/C22H20O3/c1-21(18-11-5-2-6-12-18)23-17-22(25-24-21,19-13-7-3-8-14-19)20-15-9-4-10-16-20/h2-16H,17H2,1H3. The van der Waals surface area contributed by atoms with E-state index in [4.69, 9.17) is 14.5 Å². The fourth-order valence-electron chi connectivity index (χ4n) is 3.15. The quantitative estimate of drug-likeness (QED) is 0.646. The normalized spacial score (nSPS) is 22.4. The molecule has 3 aromatic rings. The maximum absolute atomic E-state index is 6.23. The van der Waals surface area contributed by atoms with Gasteiger partial charge in [0.2, 0.25) is 5.79 Å². The summed E-state index contributed by atoms with van der Waals surface area (Å²) in [6.45, 7) is 2.23. The SMILES string of the molecule is CC1(c2ccccc2)OCC(c2ccccc2)(c2ccccc2)OO1. The molecule has 126 valence electrons.